The van der Waals surface area contributed by atoms with Gasteiger partial charge in [0.25, 0.3) is 5.91 Å². The number of anilines is 1. The number of hydrogen-bond acceptors (Lipinski definition) is 4. The van der Waals surface area contributed by atoms with E-state index >= 15 is 0 Å². The smallest absolute Gasteiger partial charge is 0.262 e. The van der Waals surface area contributed by atoms with Gasteiger partial charge >= 0.3 is 0 Å². The monoisotopic (exact) mass is 388 g/mol. The van der Waals surface area contributed by atoms with Gasteiger partial charge in [-0.25, -0.2) is 12.7 Å². The Labute approximate surface area is 160 Å². The van der Waals surface area contributed by atoms with E-state index in [9.17, 15) is 13.2 Å². The van der Waals surface area contributed by atoms with E-state index in [1.165, 1.54) is 18.4 Å². The summed E-state index contributed by atoms with van der Waals surface area (Å²) in [5.41, 5.74) is 2.11. The summed E-state index contributed by atoms with van der Waals surface area (Å²) in [6.45, 7) is 4.34. The fourth-order valence-corrected chi connectivity index (χ4v) is 4.06. The number of carbonyl (C=O) groups is 1. The van der Waals surface area contributed by atoms with Gasteiger partial charge in [-0.3, -0.25) is 4.79 Å². The first-order chi connectivity index (χ1) is 12.7. The molecule has 1 aliphatic rings. The van der Waals surface area contributed by atoms with Crippen LogP contribution >= 0.6 is 0 Å². The third-order valence-electron chi connectivity index (χ3n) is 4.45. The van der Waals surface area contributed by atoms with E-state index in [2.05, 4.69) is 0 Å². The van der Waals surface area contributed by atoms with Crippen molar-refractivity contribution >= 4 is 21.6 Å². The van der Waals surface area contributed by atoms with Crippen LogP contribution in [0.1, 0.15) is 29.8 Å². The third-order valence-corrected chi connectivity index (χ3v) is 6.26. The van der Waals surface area contributed by atoms with Gasteiger partial charge in [0.2, 0.25) is 10.0 Å². The molecule has 27 heavy (non-hydrogen) atoms. The first-order valence-corrected chi connectivity index (χ1v) is 10.3. The number of benzene rings is 2. The molecule has 0 saturated carbocycles. The van der Waals surface area contributed by atoms with Gasteiger partial charge in [0.05, 0.1) is 16.6 Å². The van der Waals surface area contributed by atoms with Crippen molar-refractivity contribution in [2.75, 3.05) is 25.5 Å². The highest BCUT2D eigenvalue weighted by molar-refractivity contribution is 7.89. The number of rotatable bonds is 5. The van der Waals surface area contributed by atoms with E-state index in [0.29, 0.717) is 24.3 Å². The van der Waals surface area contributed by atoms with Crippen LogP contribution < -0.4 is 9.64 Å². The van der Waals surface area contributed by atoms with Crippen molar-refractivity contribution in [3.8, 4) is 5.75 Å². The van der Waals surface area contributed by atoms with Crippen molar-refractivity contribution in [3.05, 3.63) is 53.6 Å². The summed E-state index contributed by atoms with van der Waals surface area (Å²) in [7, 11) is -0.491. The molecule has 1 aliphatic heterocycles. The predicted octanol–water partition coefficient (Wildman–Crippen LogP) is 2.93. The first kappa shape index (κ1) is 19.4. The lowest BCUT2D eigenvalue weighted by molar-refractivity contribution is 0.0983. The van der Waals surface area contributed by atoms with Crippen LogP contribution in [0, 0.1) is 0 Å². The summed E-state index contributed by atoms with van der Waals surface area (Å²) in [5, 5.41) is 0. The van der Waals surface area contributed by atoms with Gasteiger partial charge in [-0.05, 0) is 56.2 Å². The molecule has 6 nitrogen and oxygen atoms in total. The molecule has 1 amide bonds. The number of sulfonamides is 1. The Balaban J connectivity index is 1.94. The Morgan fingerprint density at radius 3 is 2.52 bits per heavy atom. The van der Waals surface area contributed by atoms with Gasteiger partial charge in [-0.1, -0.05) is 12.1 Å². The number of fused-ring (bicyclic) bond motifs is 1. The molecule has 3 rings (SSSR count). The minimum Gasteiger partial charge on any atom is -0.490 e. The Morgan fingerprint density at radius 2 is 1.85 bits per heavy atom. The zero-order chi connectivity index (χ0) is 19.8. The molecule has 0 unspecified atom stereocenters. The molecule has 7 heteroatoms. The van der Waals surface area contributed by atoms with Crippen LogP contribution in [0.25, 0.3) is 0 Å². The summed E-state index contributed by atoms with van der Waals surface area (Å²) in [6.07, 6.45) is 0.578. The second kappa shape index (κ2) is 7.32. The molecule has 0 bridgehead atoms. The molecule has 0 fully saturated rings. The van der Waals surface area contributed by atoms with E-state index in [0.717, 1.165) is 11.3 Å². The van der Waals surface area contributed by atoms with E-state index in [-0.39, 0.29) is 16.9 Å². The molecule has 0 aromatic heterocycles. The van der Waals surface area contributed by atoms with Gasteiger partial charge in [0, 0.05) is 26.3 Å². The lowest BCUT2D eigenvalue weighted by Crippen LogP contribution is -2.29. The second-order valence-corrected chi connectivity index (χ2v) is 9.10. The van der Waals surface area contributed by atoms with E-state index in [4.69, 9.17) is 4.74 Å². The normalized spacial score (nSPS) is 13.9. The molecule has 2 aromatic rings. The fraction of sp³-hybridized carbons (Fsp3) is 0.350. The van der Waals surface area contributed by atoms with Crippen LogP contribution in [0.4, 0.5) is 5.69 Å². The highest BCUT2D eigenvalue weighted by atomic mass is 32.2. The molecule has 2 aromatic carbocycles. The SMILES string of the molecule is CC(C)Oc1ccccc1C(=O)N1CCc2cc(S(=O)(=O)N(C)C)ccc21. The zero-order valence-electron chi connectivity index (χ0n) is 16.0. The van der Waals surface area contributed by atoms with Crippen molar-refractivity contribution in [3.63, 3.8) is 0 Å². The van der Waals surface area contributed by atoms with Crippen LogP contribution in [0.5, 0.6) is 5.75 Å². The third kappa shape index (κ3) is 3.70. The fourth-order valence-electron chi connectivity index (χ4n) is 3.11. The van der Waals surface area contributed by atoms with Gasteiger partial charge in [-0.15, -0.1) is 0 Å². The van der Waals surface area contributed by atoms with Crippen molar-refractivity contribution in [2.24, 2.45) is 0 Å². The highest BCUT2D eigenvalue weighted by Gasteiger charge is 2.29. The lowest BCUT2D eigenvalue weighted by atomic mass is 10.1. The summed E-state index contributed by atoms with van der Waals surface area (Å²) in [5.74, 6) is 0.408. The highest BCUT2D eigenvalue weighted by Crippen LogP contribution is 2.33. The number of nitrogens with zero attached hydrogens (tertiary/aromatic N) is 2. The maximum atomic E-state index is 13.1. The summed E-state index contributed by atoms with van der Waals surface area (Å²) in [6, 6.07) is 12.1. The van der Waals surface area contributed by atoms with E-state index in [1.807, 2.05) is 26.0 Å². The summed E-state index contributed by atoms with van der Waals surface area (Å²) < 4.78 is 31.6. The van der Waals surface area contributed by atoms with Crippen molar-refractivity contribution in [1.29, 1.82) is 0 Å². The van der Waals surface area contributed by atoms with Gasteiger partial charge in [-0.2, -0.15) is 0 Å². The van der Waals surface area contributed by atoms with Crippen LogP contribution in [0.2, 0.25) is 0 Å². The van der Waals surface area contributed by atoms with Gasteiger partial charge in [0.15, 0.2) is 0 Å². The van der Waals surface area contributed by atoms with E-state index in [1.54, 1.807) is 35.2 Å². The molecular formula is C20H24N2O4S. The van der Waals surface area contributed by atoms with Gasteiger partial charge in [0.1, 0.15) is 5.75 Å². The topological polar surface area (TPSA) is 66.9 Å². The number of ether oxygens (including phenoxy) is 1. The molecule has 1 heterocycles. The molecule has 0 radical (unpaired) electrons. The largest absolute Gasteiger partial charge is 0.490 e. The minimum atomic E-state index is -3.50. The van der Waals surface area contributed by atoms with Crippen LogP contribution in [0.15, 0.2) is 47.4 Å². The van der Waals surface area contributed by atoms with Crippen LogP contribution in [-0.2, 0) is 16.4 Å². The Kier molecular flexibility index (Phi) is 5.26. The van der Waals surface area contributed by atoms with Crippen LogP contribution in [0.3, 0.4) is 0 Å². The van der Waals surface area contributed by atoms with Crippen molar-refractivity contribution in [1.82, 2.24) is 4.31 Å². The zero-order valence-corrected chi connectivity index (χ0v) is 16.8. The molecule has 0 atom stereocenters. The van der Waals surface area contributed by atoms with Crippen molar-refractivity contribution in [2.45, 2.75) is 31.3 Å². The maximum Gasteiger partial charge on any atom is 0.262 e. The predicted molar refractivity (Wildman–Crippen MR) is 105 cm³/mol. The number of para-hydroxylation sites is 1. The number of carbonyl (C=O) groups excluding carboxylic acids is 1. The van der Waals surface area contributed by atoms with E-state index < -0.39 is 10.0 Å². The molecule has 0 saturated heterocycles. The van der Waals surface area contributed by atoms with Crippen LogP contribution in [-0.4, -0.2) is 45.4 Å². The number of amides is 1. The lowest BCUT2D eigenvalue weighted by Gasteiger charge is -2.20. The Morgan fingerprint density at radius 1 is 1.15 bits per heavy atom. The summed E-state index contributed by atoms with van der Waals surface area (Å²) >= 11 is 0. The Bertz CT molecular complexity index is 968. The van der Waals surface area contributed by atoms with Crippen molar-refractivity contribution < 1.29 is 17.9 Å². The Hall–Kier alpha value is -2.38. The average Bonchev–Trinajstić information content (AvgIpc) is 3.04. The molecule has 144 valence electrons. The molecular weight excluding hydrogens is 364 g/mol. The quantitative estimate of drug-likeness (QED) is 0.790. The minimum absolute atomic E-state index is 0.0383. The standard InChI is InChI=1S/C20H24N2O4S/c1-14(2)26-19-8-6-5-7-17(19)20(23)22-12-11-15-13-16(9-10-18(15)22)27(24,25)21(3)4/h5-10,13-14H,11-12H2,1-4H3. The maximum absolute atomic E-state index is 13.1. The number of hydrogen-bond donors (Lipinski definition) is 0. The average molecular weight is 388 g/mol. The molecule has 0 aliphatic carbocycles. The second-order valence-electron chi connectivity index (χ2n) is 6.95. The molecule has 0 spiro atoms. The summed E-state index contributed by atoms with van der Waals surface area (Å²) in [4.78, 5) is 15.0. The first-order valence-electron chi connectivity index (χ1n) is 8.85. The van der Waals surface area contributed by atoms with Gasteiger partial charge < -0.3 is 9.64 Å². The molecule has 0 N–H and O–H groups in total.